The summed E-state index contributed by atoms with van der Waals surface area (Å²) in [5.74, 6) is 0.0524. The van der Waals surface area contributed by atoms with Gasteiger partial charge in [-0.3, -0.25) is 4.79 Å². The van der Waals surface area contributed by atoms with E-state index in [0.717, 1.165) is 11.3 Å². The van der Waals surface area contributed by atoms with Gasteiger partial charge in [-0.1, -0.05) is 18.2 Å². The normalized spacial score (nSPS) is 13.3. The molecule has 2 aromatic carbocycles. The Morgan fingerprint density at radius 2 is 2.14 bits per heavy atom. The minimum atomic E-state index is -0.478. The first-order valence-electron chi connectivity index (χ1n) is 7.06. The minimum absolute atomic E-state index is 0.0774. The number of aryl methyl sites for hydroxylation is 1. The predicted octanol–water partition coefficient (Wildman–Crippen LogP) is 2.94. The molecule has 4 nitrogen and oxygen atoms in total. The monoisotopic (exact) mass is 301 g/mol. The molecule has 1 aliphatic heterocycles. The van der Waals surface area contributed by atoms with Crippen molar-refractivity contribution in [2.24, 2.45) is 0 Å². The van der Waals surface area contributed by atoms with Gasteiger partial charge in [-0.05, 0) is 36.8 Å². The summed E-state index contributed by atoms with van der Waals surface area (Å²) < 4.78 is 24.3. The zero-order chi connectivity index (χ0) is 15.5. The highest BCUT2D eigenvalue weighted by atomic mass is 19.1. The molecule has 5 heteroatoms. The Balaban J connectivity index is 1.74. The fourth-order valence-electron chi connectivity index (χ4n) is 2.37. The third-order valence-electron chi connectivity index (χ3n) is 3.47. The standard InChI is InChI=1S/C17H16FNO3/c1-12-6-7-16-14(10-12)19(8-9-21-16)17(20)11-22-15-5-3-2-4-13(15)18/h2-7,10H,8-9,11H2,1H3. The van der Waals surface area contributed by atoms with Crippen LogP contribution in [0.5, 0.6) is 11.5 Å². The van der Waals surface area contributed by atoms with E-state index in [1.54, 1.807) is 17.0 Å². The zero-order valence-corrected chi connectivity index (χ0v) is 12.2. The van der Waals surface area contributed by atoms with Crippen LogP contribution in [0.3, 0.4) is 0 Å². The van der Waals surface area contributed by atoms with Crippen LogP contribution in [0.2, 0.25) is 0 Å². The number of hydrogen-bond acceptors (Lipinski definition) is 3. The van der Waals surface area contributed by atoms with Crippen molar-refractivity contribution in [2.45, 2.75) is 6.92 Å². The van der Waals surface area contributed by atoms with E-state index in [9.17, 15) is 9.18 Å². The molecule has 0 atom stereocenters. The second-order valence-corrected chi connectivity index (χ2v) is 5.08. The van der Waals surface area contributed by atoms with Gasteiger partial charge in [0, 0.05) is 0 Å². The highest BCUT2D eigenvalue weighted by Crippen LogP contribution is 2.32. The van der Waals surface area contributed by atoms with Gasteiger partial charge in [0.05, 0.1) is 12.2 Å². The molecule has 0 saturated heterocycles. The summed E-state index contributed by atoms with van der Waals surface area (Å²) in [6.45, 7) is 2.62. The number of nitrogens with zero attached hydrogens (tertiary/aromatic N) is 1. The number of rotatable bonds is 3. The Morgan fingerprint density at radius 1 is 1.32 bits per heavy atom. The molecule has 0 unspecified atom stereocenters. The van der Waals surface area contributed by atoms with Crippen molar-refractivity contribution >= 4 is 11.6 Å². The lowest BCUT2D eigenvalue weighted by Gasteiger charge is -2.29. The van der Waals surface area contributed by atoms with Crippen molar-refractivity contribution in [3.63, 3.8) is 0 Å². The highest BCUT2D eigenvalue weighted by Gasteiger charge is 2.24. The maximum Gasteiger partial charge on any atom is 0.265 e. The first kappa shape index (κ1) is 14.4. The van der Waals surface area contributed by atoms with E-state index in [1.165, 1.54) is 12.1 Å². The second-order valence-electron chi connectivity index (χ2n) is 5.08. The van der Waals surface area contributed by atoms with Gasteiger partial charge in [0.25, 0.3) is 5.91 Å². The van der Waals surface area contributed by atoms with Crippen LogP contribution in [0, 0.1) is 12.7 Å². The van der Waals surface area contributed by atoms with Crippen molar-refractivity contribution in [1.29, 1.82) is 0 Å². The lowest BCUT2D eigenvalue weighted by atomic mass is 10.1. The molecule has 0 fully saturated rings. The largest absolute Gasteiger partial charge is 0.490 e. The Morgan fingerprint density at radius 3 is 2.95 bits per heavy atom. The van der Waals surface area contributed by atoms with Crippen molar-refractivity contribution in [3.05, 3.63) is 53.8 Å². The molecular weight excluding hydrogens is 285 g/mol. The summed E-state index contributed by atoms with van der Waals surface area (Å²) in [7, 11) is 0. The van der Waals surface area contributed by atoms with Crippen molar-refractivity contribution in [1.82, 2.24) is 0 Å². The molecule has 22 heavy (non-hydrogen) atoms. The van der Waals surface area contributed by atoms with Crippen LogP contribution in [0.15, 0.2) is 42.5 Å². The number of anilines is 1. The van der Waals surface area contributed by atoms with E-state index in [0.29, 0.717) is 18.9 Å². The van der Waals surface area contributed by atoms with E-state index >= 15 is 0 Å². The van der Waals surface area contributed by atoms with Gasteiger partial charge in [-0.15, -0.1) is 0 Å². The highest BCUT2D eigenvalue weighted by molar-refractivity contribution is 5.96. The quantitative estimate of drug-likeness (QED) is 0.875. The molecule has 0 N–H and O–H groups in total. The van der Waals surface area contributed by atoms with Gasteiger partial charge in [0.1, 0.15) is 12.4 Å². The maximum absolute atomic E-state index is 13.5. The number of halogens is 1. The number of carbonyl (C=O) groups is 1. The molecule has 114 valence electrons. The van der Waals surface area contributed by atoms with Crippen LogP contribution in [-0.2, 0) is 4.79 Å². The number of ether oxygens (including phenoxy) is 2. The zero-order valence-electron chi connectivity index (χ0n) is 12.2. The lowest BCUT2D eigenvalue weighted by Crippen LogP contribution is -2.40. The van der Waals surface area contributed by atoms with Gasteiger partial charge in [-0.25, -0.2) is 4.39 Å². The summed E-state index contributed by atoms with van der Waals surface area (Å²) in [4.78, 5) is 14.0. The molecule has 0 spiro atoms. The molecule has 0 aromatic heterocycles. The third kappa shape index (κ3) is 2.88. The molecule has 0 radical (unpaired) electrons. The number of fused-ring (bicyclic) bond motifs is 1. The molecule has 1 aliphatic rings. The molecule has 0 aliphatic carbocycles. The van der Waals surface area contributed by atoms with Crippen LogP contribution in [0.1, 0.15) is 5.56 Å². The average molecular weight is 301 g/mol. The van der Waals surface area contributed by atoms with E-state index in [1.807, 2.05) is 25.1 Å². The van der Waals surface area contributed by atoms with Gasteiger partial charge < -0.3 is 14.4 Å². The minimum Gasteiger partial charge on any atom is -0.490 e. The maximum atomic E-state index is 13.5. The van der Waals surface area contributed by atoms with E-state index < -0.39 is 5.82 Å². The molecule has 1 heterocycles. The van der Waals surface area contributed by atoms with Crippen molar-refractivity contribution in [2.75, 3.05) is 24.7 Å². The van der Waals surface area contributed by atoms with Crippen LogP contribution in [0.4, 0.5) is 10.1 Å². The number of hydrogen-bond donors (Lipinski definition) is 0. The van der Waals surface area contributed by atoms with Gasteiger partial charge in [0.15, 0.2) is 18.2 Å². The summed E-state index contributed by atoms with van der Waals surface area (Å²) in [6, 6.07) is 11.7. The van der Waals surface area contributed by atoms with Gasteiger partial charge >= 0.3 is 0 Å². The molecular formula is C17H16FNO3. The van der Waals surface area contributed by atoms with Gasteiger partial charge in [-0.2, -0.15) is 0 Å². The first-order chi connectivity index (χ1) is 10.6. The SMILES string of the molecule is Cc1ccc2c(c1)N(C(=O)COc1ccccc1F)CCO2. The Bertz CT molecular complexity index is 702. The van der Waals surface area contributed by atoms with Crippen molar-refractivity contribution < 1.29 is 18.7 Å². The fraction of sp³-hybridized carbons (Fsp3) is 0.235. The second kappa shape index (κ2) is 6.05. The molecule has 3 rings (SSSR count). The number of benzene rings is 2. The van der Waals surface area contributed by atoms with Crippen molar-refractivity contribution in [3.8, 4) is 11.5 Å². The fourth-order valence-corrected chi connectivity index (χ4v) is 2.37. The smallest absolute Gasteiger partial charge is 0.265 e. The van der Waals surface area contributed by atoms with Crippen LogP contribution >= 0.6 is 0 Å². The molecule has 0 bridgehead atoms. The van der Waals surface area contributed by atoms with Crippen LogP contribution < -0.4 is 14.4 Å². The Kier molecular flexibility index (Phi) is 3.96. The first-order valence-corrected chi connectivity index (χ1v) is 7.06. The number of carbonyl (C=O) groups excluding carboxylic acids is 1. The van der Waals surface area contributed by atoms with Crippen LogP contribution in [0.25, 0.3) is 0 Å². The topological polar surface area (TPSA) is 38.8 Å². The predicted molar refractivity (Wildman–Crippen MR) is 80.9 cm³/mol. The number of amides is 1. The number of para-hydroxylation sites is 1. The summed E-state index contributed by atoms with van der Waals surface area (Å²) in [6.07, 6.45) is 0. The summed E-state index contributed by atoms with van der Waals surface area (Å²) in [5.41, 5.74) is 1.77. The van der Waals surface area contributed by atoms with Crippen LogP contribution in [-0.4, -0.2) is 25.7 Å². The van der Waals surface area contributed by atoms with Gasteiger partial charge in [0.2, 0.25) is 0 Å². The van der Waals surface area contributed by atoms with E-state index in [4.69, 9.17) is 9.47 Å². The molecule has 0 saturated carbocycles. The molecule has 1 amide bonds. The lowest BCUT2D eigenvalue weighted by molar-refractivity contribution is -0.120. The average Bonchev–Trinajstić information content (AvgIpc) is 2.53. The molecule has 2 aromatic rings. The Hall–Kier alpha value is -2.56. The third-order valence-corrected chi connectivity index (χ3v) is 3.47. The van der Waals surface area contributed by atoms with E-state index in [2.05, 4.69) is 0 Å². The van der Waals surface area contributed by atoms with E-state index in [-0.39, 0.29) is 18.3 Å². The Labute approximate surface area is 128 Å². The summed E-state index contributed by atoms with van der Waals surface area (Å²) in [5, 5.41) is 0. The summed E-state index contributed by atoms with van der Waals surface area (Å²) >= 11 is 0.